The van der Waals surface area contributed by atoms with Crippen LogP contribution >= 0.6 is 0 Å². The normalized spacial score (nSPS) is 12.8. The summed E-state index contributed by atoms with van der Waals surface area (Å²) < 4.78 is 15.6. The Hall–Kier alpha value is -3.53. The van der Waals surface area contributed by atoms with Gasteiger partial charge in [-0.25, -0.2) is 4.79 Å². The molecule has 0 aliphatic carbocycles. The summed E-state index contributed by atoms with van der Waals surface area (Å²) in [4.78, 5) is 23.9. The molecule has 26 heavy (non-hydrogen) atoms. The molecule has 0 aromatic heterocycles. The molecule has 1 atom stereocenters. The fourth-order valence-electron chi connectivity index (χ4n) is 2.44. The quantitative estimate of drug-likeness (QED) is 0.830. The Morgan fingerprint density at radius 1 is 1.19 bits per heavy atom. The SMILES string of the molecule is CC(NC(=O)COC(=O)c1ccc(C#N)cc1)c1ccc2c(c1)OCO2. The van der Waals surface area contributed by atoms with Gasteiger partial charge in [0.2, 0.25) is 6.79 Å². The lowest BCUT2D eigenvalue weighted by Gasteiger charge is -2.15. The smallest absolute Gasteiger partial charge is 0.338 e. The lowest BCUT2D eigenvalue weighted by Crippen LogP contribution is -2.31. The van der Waals surface area contributed by atoms with E-state index < -0.39 is 18.5 Å². The van der Waals surface area contributed by atoms with E-state index in [-0.39, 0.29) is 18.4 Å². The number of nitrogens with zero attached hydrogens (tertiary/aromatic N) is 1. The first-order valence-electron chi connectivity index (χ1n) is 7.93. The number of hydrogen-bond acceptors (Lipinski definition) is 6. The highest BCUT2D eigenvalue weighted by atomic mass is 16.7. The average Bonchev–Trinajstić information content (AvgIpc) is 3.14. The van der Waals surface area contributed by atoms with E-state index in [1.807, 2.05) is 19.1 Å². The van der Waals surface area contributed by atoms with Crippen molar-refractivity contribution in [2.75, 3.05) is 13.4 Å². The summed E-state index contributed by atoms with van der Waals surface area (Å²) in [6.45, 7) is 1.61. The Balaban J connectivity index is 1.51. The van der Waals surface area contributed by atoms with Crippen molar-refractivity contribution in [3.63, 3.8) is 0 Å². The van der Waals surface area contributed by atoms with Gasteiger partial charge in [0.1, 0.15) is 0 Å². The number of amides is 1. The number of benzene rings is 2. The minimum atomic E-state index is -0.625. The zero-order valence-corrected chi connectivity index (χ0v) is 14.0. The van der Waals surface area contributed by atoms with Crippen molar-refractivity contribution in [2.45, 2.75) is 13.0 Å². The molecule has 1 N–H and O–H groups in total. The van der Waals surface area contributed by atoms with Crippen LogP contribution in [0.5, 0.6) is 11.5 Å². The van der Waals surface area contributed by atoms with E-state index in [1.54, 1.807) is 12.1 Å². The first-order valence-corrected chi connectivity index (χ1v) is 7.93. The van der Waals surface area contributed by atoms with Crippen LogP contribution in [0.4, 0.5) is 0 Å². The van der Waals surface area contributed by atoms with Gasteiger partial charge in [-0.15, -0.1) is 0 Å². The molecule has 0 radical (unpaired) electrons. The Kier molecular flexibility index (Phi) is 5.04. The second-order valence-electron chi connectivity index (χ2n) is 5.67. The van der Waals surface area contributed by atoms with E-state index in [0.717, 1.165) is 5.56 Å². The van der Waals surface area contributed by atoms with Gasteiger partial charge in [0.25, 0.3) is 5.91 Å². The molecule has 7 heteroatoms. The maximum absolute atomic E-state index is 12.0. The third kappa shape index (κ3) is 3.92. The van der Waals surface area contributed by atoms with Crippen molar-refractivity contribution in [2.24, 2.45) is 0 Å². The largest absolute Gasteiger partial charge is 0.454 e. The molecule has 132 valence electrons. The number of nitriles is 1. The molecule has 0 saturated carbocycles. The van der Waals surface area contributed by atoms with Crippen LogP contribution in [0.15, 0.2) is 42.5 Å². The van der Waals surface area contributed by atoms with E-state index in [9.17, 15) is 9.59 Å². The van der Waals surface area contributed by atoms with E-state index in [4.69, 9.17) is 19.5 Å². The summed E-state index contributed by atoms with van der Waals surface area (Å²) in [6, 6.07) is 13.1. The molecule has 0 bridgehead atoms. The maximum atomic E-state index is 12.0. The van der Waals surface area contributed by atoms with Gasteiger partial charge in [0.05, 0.1) is 23.2 Å². The van der Waals surface area contributed by atoms with Gasteiger partial charge in [-0.3, -0.25) is 4.79 Å². The first-order chi connectivity index (χ1) is 12.6. The zero-order valence-electron chi connectivity index (χ0n) is 14.0. The lowest BCUT2D eigenvalue weighted by atomic mass is 10.1. The number of fused-ring (bicyclic) bond motifs is 1. The molecule has 7 nitrogen and oxygen atoms in total. The van der Waals surface area contributed by atoms with Crippen molar-refractivity contribution in [3.8, 4) is 17.6 Å². The predicted molar refractivity (Wildman–Crippen MR) is 90.6 cm³/mol. The Bertz CT molecular complexity index is 870. The second kappa shape index (κ2) is 7.57. The summed E-state index contributed by atoms with van der Waals surface area (Å²) in [5.74, 6) is 0.261. The highest BCUT2D eigenvalue weighted by Gasteiger charge is 2.17. The number of carbonyl (C=O) groups excluding carboxylic acids is 2. The molecule has 1 unspecified atom stereocenters. The van der Waals surface area contributed by atoms with Crippen molar-refractivity contribution in [3.05, 3.63) is 59.2 Å². The van der Waals surface area contributed by atoms with Crippen molar-refractivity contribution in [1.29, 1.82) is 5.26 Å². The van der Waals surface area contributed by atoms with E-state index >= 15 is 0 Å². The highest BCUT2D eigenvalue weighted by molar-refractivity contribution is 5.91. The number of esters is 1. The lowest BCUT2D eigenvalue weighted by molar-refractivity contribution is -0.124. The van der Waals surface area contributed by atoms with Gasteiger partial charge < -0.3 is 19.5 Å². The van der Waals surface area contributed by atoms with Crippen LogP contribution in [-0.2, 0) is 9.53 Å². The number of carbonyl (C=O) groups is 2. The molecule has 1 aliphatic rings. The molecule has 2 aromatic rings. The van der Waals surface area contributed by atoms with Crippen LogP contribution in [0.2, 0.25) is 0 Å². The van der Waals surface area contributed by atoms with Crippen molar-refractivity contribution < 1.29 is 23.8 Å². The molecule has 3 rings (SSSR count). The van der Waals surface area contributed by atoms with E-state index in [2.05, 4.69) is 5.32 Å². The highest BCUT2D eigenvalue weighted by Crippen LogP contribution is 2.34. The van der Waals surface area contributed by atoms with Crippen LogP contribution in [0, 0.1) is 11.3 Å². The minimum Gasteiger partial charge on any atom is -0.454 e. The van der Waals surface area contributed by atoms with Gasteiger partial charge in [-0.05, 0) is 48.9 Å². The van der Waals surface area contributed by atoms with Crippen LogP contribution in [0.25, 0.3) is 0 Å². The Morgan fingerprint density at radius 2 is 1.92 bits per heavy atom. The Morgan fingerprint density at radius 3 is 2.65 bits per heavy atom. The van der Waals surface area contributed by atoms with E-state index in [0.29, 0.717) is 17.1 Å². The summed E-state index contributed by atoms with van der Waals surface area (Å²) in [7, 11) is 0. The predicted octanol–water partition coefficient (Wildman–Crippen LogP) is 2.32. The minimum absolute atomic E-state index is 0.185. The monoisotopic (exact) mass is 352 g/mol. The maximum Gasteiger partial charge on any atom is 0.338 e. The van der Waals surface area contributed by atoms with Gasteiger partial charge in [0, 0.05) is 0 Å². The van der Waals surface area contributed by atoms with Gasteiger partial charge in [-0.1, -0.05) is 6.07 Å². The zero-order chi connectivity index (χ0) is 18.5. The van der Waals surface area contributed by atoms with Crippen molar-refractivity contribution in [1.82, 2.24) is 5.32 Å². The molecule has 0 fully saturated rings. The van der Waals surface area contributed by atoms with Crippen LogP contribution < -0.4 is 14.8 Å². The average molecular weight is 352 g/mol. The number of hydrogen-bond donors (Lipinski definition) is 1. The second-order valence-corrected chi connectivity index (χ2v) is 5.67. The molecule has 0 spiro atoms. The Labute approximate surface area is 150 Å². The number of rotatable bonds is 5. The summed E-state index contributed by atoms with van der Waals surface area (Å²) >= 11 is 0. The molecule has 0 saturated heterocycles. The van der Waals surface area contributed by atoms with Gasteiger partial charge >= 0.3 is 5.97 Å². The molecule has 1 heterocycles. The summed E-state index contributed by atoms with van der Waals surface area (Å²) in [5.41, 5.74) is 1.57. The third-order valence-corrected chi connectivity index (χ3v) is 3.86. The van der Waals surface area contributed by atoms with Crippen LogP contribution in [0.1, 0.15) is 34.5 Å². The van der Waals surface area contributed by atoms with Crippen LogP contribution in [-0.4, -0.2) is 25.3 Å². The van der Waals surface area contributed by atoms with Crippen LogP contribution in [0.3, 0.4) is 0 Å². The number of ether oxygens (including phenoxy) is 3. The van der Waals surface area contributed by atoms with Gasteiger partial charge in [-0.2, -0.15) is 5.26 Å². The molecular weight excluding hydrogens is 336 g/mol. The first kappa shape index (κ1) is 17.3. The standard InChI is InChI=1S/C19H16N2O5/c1-12(15-6-7-16-17(8-15)26-11-25-16)21-18(22)10-24-19(23)14-4-2-13(9-20)3-5-14/h2-8,12H,10-11H2,1H3,(H,21,22). The molecular formula is C19H16N2O5. The molecule has 1 aliphatic heterocycles. The summed E-state index contributed by atoms with van der Waals surface area (Å²) in [5, 5.41) is 11.5. The fraction of sp³-hybridized carbons (Fsp3) is 0.211. The third-order valence-electron chi connectivity index (χ3n) is 3.86. The number of nitrogens with one attached hydrogen (secondary N) is 1. The van der Waals surface area contributed by atoms with Crippen molar-refractivity contribution >= 4 is 11.9 Å². The molecule has 1 amide bonds. The molecule has 2 aromatic carbocycles. The van der Waals surface area contributed by atoms with E-state index in [1.165, 1.54) is 24.3 Å². The summed E-state index contributed by atoms with van der Waals surface area (Å²) in [6.07, 6.45) is 0. The topological polar surface area (TPSA) is 97.7 Å². The van der Waals surface area contributed by atoms with Gasteiger partial charge in [0.15, 0.2) is 18.1 Å². The fourth-order valence-corrected chi connectivity index (χ4v) is 2.44.